The molecule has 0 aliphatic carbocycles. The van der Waals surface area contributed by atoms with Crippen molar-refractivity contribution in [2.24, 2.45) is 0 Å². The van der Waals surface area contributed by atoms with Crippen LogP contribution >= 0.6 is 0 Å². The van der Waals surface area contributed by atoms with Gasteiger partial charge in [0.1, 0.15) is 17.8 Å². The number of benzene rings is 1. The van der Waals surface area contributed by atoms with Gasteiger partial charge in [-0.3, -0.25) is 0 Å². The largest absolute Gasteiger partial charge is 0.383 e. The van der Waals surface area contributed by atoms with Crippen LogP contribution in [0.15, 0.2) is 30.6 Å². The molecule has 0 saturated carbocycles. The zero-order valence-corrected chi connectivity index (χ0v) is 12.8. The number of hydrogen-bond donors (Lipinski definition) is 1. The molecule has 0 radical (unpaired) electrons. The van der Waals surface area contributed by atoms with Crippen LogP contribution in [0.5, 0.6) is 0 Å². The number of hydrogen-bond acceptors (Lipinski definition) is 4. The molecule has 3 aromatic rings. The lowest BCUT2D eigenvalue weighted by Gasteiger charge is -2.05. The van der Waals surface area contributed by atoms with Gasteiger partial charge in [0, 0.05) is 11.6 Å². The summed E-state index contributed by atoms with van der Waals surface area (Å²) in [5.74, 6) is 6.65. The third kappa shape index (κ3) is 2.51. The van der Waals surface area contributed by atoms with Gasteiger partial charge in [0.15, 0.2) is 5.65 Å². The SMILES string of the molecule is Cc1cccc(C#Cc2nn(C(C)C)c3ncnc(N)c23)c1. The lowest BCUT2D eigenvalue weighted by Crippen LogP contribution is -2.04. The van der Waals surface area contributed by atoms with Gasteiger partial charge in [-0.15, -0.1) is 0 Å². The fourth-order valence-corrected chi connectivity index (χ4v) is 2.30. The zero-order chi connectivity index (χ0) is 15.7. The highest BCUT2D eigenvalue weighted by Crippen LogP contribution is 2.23. The van der Waals surface area contributed by atoms with E-state index in [1.807, 2.05) is 49.7 Å². The molecule has 0 aliphatic rings. The molecule has 0 unspecified atom stereocenters. The highest BCUT2D eigenvalue weighted by molar-refractivity contribution is 5.90. The fraction of sp³-hybridized carbons (Fsp3) is 0.235. The predicted octanol–water partition coefficient (Wildman–Crippen LogP) is 2.70. The lowest BCUT2D eigenvalue weighted by atomic mass is 10.1. The molecule has 5 heteroatoms. The summed E-state index contributed by atoms with van der Waals surface area (Å²) in [5.41, 5.74) is 9.44. The molecule has 0 saturated heterocycles. The summed E-state index contributed by atoms with van der Waals surface area (Å²) in [4.78, 5) is 8.35. The summed E-state index contributed by atoms with van der Waals surface area (Å²) in [6, 6.07) is 8.21. The Labute approximate surface area is 129 Å². The number of nitrogens with zero attached hydrogens (tertiary/aromatic N) is 4. The molecule has 2 N–H and O–H groups in total. The molecule has 22 heavy (non-hydrogen) atoms. The average molecular weight is 291 g/mol. The van der Waals surface area contributed by atoms with E-state index in [1.54, 1.807) is 0 Å². The molecule has 3 rings (SSSR count). The van der Waals surface area contributed by atoms with E-state index in [0.29, 0.717) is 11.5 Å². The van der Waals surface area contributed by atoms with Gasteiger partial charge < -0.3 is 5.73 Å². The van der Waals surface area contributed by atoms with Crippen molar-refractivity contribution in [1.29, 1.82) is 0 Å². The third-order valence-corrected chi connectivity index (χ3v) is 3.35. The first-order valence-electron chi connectivity index (χ1n) is 7.13. The Morgan fingerprint density at radius 1 is 1.18 bits per heavy atom. The summed E-state index contributed by atoms with van der Waals surface area (Å²) in [6.45, 7) is 6.13. The second-order valence-electron chi connectivity index (χ2n) is 5.46. The Morgan fingerprint density at radius 2 is 2.00 bits per heavy atom. The Balaban J connectivity index is 2.16. The molecule has 0 atom stereocenters. The first-order valence-corrected chi connectivity index (χ1v) is 7.13. The first-order chi connectivity index (χ1) is 10.6. The Morgan fingerprint density at radius 3 is 2.73 bits per heavy atom. The standard InChI is InChI=1S/C17H17N5/c1-11(2)22-17-15(16(18)19-10-20-17)14(21-22)8-7-13-6-4-5-12(3)9-13/h4-6,9-11H,1-3H3,(H2,18,19,20). The van der Waals surface area contributed by atoms with Gasteiger partial charge >= 0.3 is 0 Å². The molecular weight excluding hydrogens is 274 g/mol. The van der Waals surface area contributed by atoms with Crippen LogP contribution in [-0.2, 0) is 0 Å². The van der Waals surface area contributed by atoms with E-state index in [2.05, 4.69) is 26.9 Å². The van der Waals surface area contributed by atoms with Crippen molar-refractivity contribution in [1.82, 2.24) is 19.7 Å². The summed E-state index contributed by atoms with van der Waals surface area (Å²) < 4.78 is 1.83. The van der Waals surface area contributed by atoms with Crippen LogP contribution in [0.3, 0.4) is 0 Å². The zero-order valence-electron chi connectivity index (χ0n) is 12.8. The van der Waals surface area contributed by atoms with Gasteiger partial charge in [0.2, 0.25) is 0 Å². The van der Waals surface area contributed by atoms with E-state index in [4.69, 9.17) is 5.73 Å². The molecule has 1 aromatic carbocycles. The van der Waals surface area contributed by atoms with Crippen LogP contribution in [0.1, 0.15) is 36.7 Å². The number of nitrogen functional groups attached to an aromatic ring is 1. The van der Waals surface area contributed by atoms with Crippen molar-refractivity contribution >= 4 is 16.9 Å². The van der Waals surface area contributed by atoms with E-state index in [-0.39, 0.29) is 6.04 Å². The van der Waals surface area contributed by atoms with Crippen molar-refractivity contribution in [3.8, 4) is 11.8 Å². The number of anilines is 1. The Kier molecular flexibility index (Phi) is 3.51. The maximum absolute atomic E-state index is 5.99. The summed E-state index contributed by atoms with van der Waals surface area (Å²) in [5, 5.41) is 5.27. The van der Waals surface area contributed by atoms with E-state index in [0.717, 1.165) is 16.6 Å². The molecule has 0 aliphatic heterocycles. The van der Waals surface area contributed by atoms with E-state index >= 15 is 0 Å². The smallest absolute Gasteiger partial charge is 0.164 e. The van der Waals surface area contributed by atoms with Crippen LogP contribution in [0.2, 0.25) is 0 Å². The summed E-state index contributed by atoms with van der Waals surface area (Å²) in [7, 11) is 0. The van der Waals surface area contributed by atoms with Gasteiger partial charge in [-0.2, -0.15) is 5.10 Å². The molecule has 5 nitrogen and oxygen atoms in total. The number of aromatic nitrogens is 4. The predicted molar refractivity (Wildman–Crippen MR) is 87.3 cm³/mol. The fourth-order valence-electron chi connectivity index (χ4n) is 2.30. The van der Waals surface area contributed by atoms with Gasteiger partial charge in [0.25, 0.3) is 0 Å². The van der Waals surface area contributed by atoms with Gasteiger partial charge in [-0.25, -0.2) is 14.6 Å². The van der Waals surface area contributed by atoms with E-state index in [1.165, 1.54) is 11.9 Å². The van der Waals surface area contributed by atoms with Gasteiger partial charge in [0.05, 0.1) is 5.39 Å². The van der Waals surface area contributed by atoms with E-state index < -0.39 is 0 Å². The van der Waals surface area contributed by atoms with Gasteiger partial charge in [-0.1, -0.05) is 18.1 Å². The molecule has 2 heterocycles. The Hall–Kier alpha value is -2.87. The summed E-state index contributed by atoms with van der Waals surface area (Å²) in [6.07, 6.45) is 1.45. The highest BCUT2D eigenvalue weighted by Gasteiger charge is 2.15. The minimum atomic E-state index is 0.173. The lowest BCUT2D eigenvalue weighted by molar-refractivity contribution is 0.545. The van der Waals surface area contributed by atoms with Crippen LogP contribution in [0.4, 0.5) is 5.82 Å². The molecule has 0 fully saturated rings. The van der Waals surface area contributed by atoms with Crippen molar-refractivity contribution < 1.29 is 0 Å². The number of aryl methyl sites for hydroxylation is 1. The van der Waals surface area contributed by atoms with Crippen LogP contribution in [0.25, 0.3) is 11.0 Å². The molecule has 0 bridgehead atoms. The number of nitrogens with two attached hydrogens (primary N) is 1. The van der Waals surface area contributed by atoms with Crippen molar-refractivity contribution in [3.63, 3.8) is 0 Å². The second-order valence-corrected chi connectivity index (χ2v) is 5.46. The Bertz CT molecular complexity index is 896. The maximum Gasteiger partial charge on any atom is 0.164 e. The average Bonchev–Trinajstić information content (AvgIpc) is 2.86. The molecule has 2 aromatic heterocycles. The first kappa shape index (κ1) is 14.1. The quantitative estimate of drug-likeness (QED) is 0.700. The van der Waals surface area contributed by atoms with Crippen LogP contribution < -0.4 is 5.73 Å². The normalized spacial score (nSPS) is 10.7. The third-order valence-electron chi connectivity index (χ3n) is 3.35. The molecule has 0 amide bonds. The molecular formula is C17H17N5. The van der Waals surface area contributed by atoms with Gasteiger partial charge in [-0.05, 0) is 44.4 Å². The molecule has 110 valence electrons. The van der Waals surface area contributed by atoms with Crippen molar-refractivity contribution in [3.05, 3.63) is 47.4 Å². The number of fused-ring (bicyclic) bond motifs is 1. The second kappa shape index (κ2) is 5.49. The van der Waals surface area contributed by atoms with Crippen LogP contribution in [-0.4, -0.2) is 19.7 Å². The maximum atomic E-state index is 5.99. The van der Waals surface area contributed by atoms with Crippen molar-refractivity contribution in [2.45, 2.75) is 26.8 Å². The minimum absolute atomic E-state index is 0.173. The minimum Gasteiger partial charge on any atom is -0.383 e. The summed E-state index contributed by atoms with van der Waals surface area (Å²) >= 11 is 0. The monoisotopic (exact) mass is 291 g/mol. The van der Waals surface area contributed by atoms with E-state index in [9.17, 15) is 0 Å². The highest BCUT2D eigenvalue weighted by atomic mass is 15.3. The molecule has 0 spiro atoms. The van der Waals surface area contributed by atoms with Crippen LogP contribution in [0, 0.1) is 18.8 Å². The van der Waals surface area contributed by atoms with Crippen molar-refractivity contribution in [2.75, 3.05) is 5.73 Å². The number of rotatable bonds is 1. The topological polar surface area (TPSA) is 69.6 Å².